The summed E-state index contributed by atoms with van der Waals surface area (Å²) in [5.74, 6) is -0.152. The van der Waals surface area contributed by atoms with Gasteiger partial charge in [0.2, 0.25) is 5.91 Å². The Kier molecular flexibility index (Phi) is 5.82. The highest BCUT2D eigenvalue weighted by atomic mass is 79.9. The smallest absolute Gasteiger partial charge is 0.262 e. The largest absolute Gasteiger partial charge is 0.508 e. The van der Waals surface area contributed by atoms with E-state index in [0.717, 1.165) is 3.79 Å². The minimum Gasteiger partial charge on any atom is -0.508 e. The Morgan fingerprint density at radius 1 is 1.19 bits per heavy atom. The summed E-state index contributed by atoms with van der Waals surface area (Å²) in [6, 6.07) is 9.30. The van der Waals surface area contributed by atoms with Gasteiger partial charge in [0.1, 0.15) is 11.8 Å². The molecule has 0 bridgehead atoms. The minimum absolute atomic E-state index is 0.121. The normalized spacial score (nSPS) is 11.6. The molecule has 3 aromatic rings. The van der Waals surface area contributed by atoms with Gasteiger partial charge in [-0.05, 0) is 47.1 Å². The summed E-state index contributed by atoms with van der Waals surface area (Å²) in [7, 11) is 0. The van der Waals surface area contributed by atoms with Crippen molar-refractivity contribution in [1.82, 2.24) is 15.3 Å². The molecular formula is C18H15BrN4O3S. The first kappa shape index (κ1) is 19.0. The van der Waals surface area contributed by atoms with Gasteiger partial charge in [0.25, 0.3) is 5.91 Å². The summed E-state index contributed by atoms with van der Waals surface area (Å²) in [4.78, 5) is 33.3. The zero-order valence-corrected chi connectivity index (χ0v) is 16.5. The molecule has 0 aliphatic carbocycles. The molecule has 1 aromatic carbocycles. The molecule has 2 heterocycles. The van der Waals surface area contributed by atoms with Crippen LogP contribution in [0.3, 0.4) is 0 Å². The molecule has 1 atom stereocenters. The molecule has 0 saturated carbocycles. The van der Waals surface area contributed by atoms with E-state index in [9.17, 15) is 14.7 Å². The lowest BCUT2D eigenvalue weighted by Crippen LogP contribution is -2.41. The van der Waals surface area contributed by atoms with Crippen LogP contribution in [0.2, 0.25) is 0 Å². The molecule has 9 heteroatoms. The second kappa shape index (κ2) is 8.28. The molecule has 0 fully saturated rings. The molecule has 3 N–H and O–H groups in total. The third kappa shape index (κ3) is 4.89. The van der Waals surface area contributed by atoms with Crippen LogP contribution in [0.5, 0.6) is 5.75 Å². The molecule has 2 amide bonds. The third-order valence-electron chi connectivity index (χ3n) is 3.56. The molecule has 0 saturated heterocycles. The van der Waals surface area contributed by atoms with Crippen molar-refractivity contribution in [3.63, 3.8) is 0 Å². The van der Waals surface area contributed by atoms with Gasteiger partial charge in [-0.3, -0.25) is 9.59 Å². The maximum absolute atomic E-state index is 12.3. The number of phenolic OH excluding ortho intramolecular Hbond substituents is 1. The highest BCUT2D eigenvalue weighted by molar-refractivity contribution is 9.11. The van der Waals surface area contributed by atoms with E-state index in [1.54, 1.807) is 43.3 Å². The number of phenols is 1. The monoisotopic (exact) mass is 446 g/mol. The lowest BCUT2D eigenvalue weighted by Gasteiger charge is -2.13. The zero-order chi connectivity index (χ0) is 19.4. The Labute approximate surface area is 167 Å². The van der Waals surface area contributed by atoms with Crippen LogP contribution < -0.4 is 10.6 Å². The summed E-state index contributed by atoms with van der Waals surface area (Å²) in [6.07, 6.45) is 2.93. The first-order valence-corrected chi connectivity index (χ1v) is 9.52. The van der Waals surface area contributed by atoms with E-state index < -0.39 is 6.04 Å². The Balaban J connectivity index is 1.61. The number of hydrogen-bond acceptors (Lipinski definition) is 6. The molecular weight excluding hydrogens is 432 g/mol. The van der Waals surface area contributed by atoms with Gasteiger partial charge >= 0.3 is 0 Å². The van der Waals surface area contributed by atoms with Gasteiger partial charge in [0, 0.05) is 5.56 Å². The van der Waals surface area contributed by atoms with Crippen LogP contribution in [0.4, 0.5) is 5.69 Å². The third-order valence-corrected chi connectivity index (χ3v) is 5.18. The minimum atomic E-state index is -0.732. The maximum Gasteiger partial charge on any atom is 0.262 e. The molecule has 2 aromatic heterocycles. The summed E-state index contributed by atoms with van der Waals surface area (Å²) >= 11 is 4.59. The number of aromatic hydroxyl groups is 1. The lowest BCUT2D eigenvalue weighted by atomic mass is 10.2. The Hall–Kier alpha value is -2.78. The average molecular weight is 447 g/mol. The molecule has 138 valence electrons. The standard InChI is InChI=1S/C18H15BrN4O3S/c1-10(22-18(26)14-5-6-15(19)27-14)17(25)23-12-8-20-16(21-9-12)11-3-2-4-13(24)7-11/h2-10,24H,1H3,(H,22,26)(H,23,25). The van der Waals surface area contributed by atoms with Gasteiger partial charge in [-0.1, -0.05) is 12.1 Å². The summed E-state index contributed by atoms with van der Waals surface area (Å²) in [5.41, 5.74) is 1.07. The van der Waals surface area contributed by atoms with Crippen molar-refractivity contribution in [2.24, 2.45) is 0 Å². The van der Waals surface area contributed by atoms with Crippen molar-refractivity contribution in [3.8, 4) is 17.1 Å². The number of thiophene rings is 1. The molecule has 1 unspecified atom stereocenters. The number of nitrogens with one attached hydrogen (secondary N) is 2. The number of nitrogens with zero attached hydrogens (tertiary/aromatic N) is 2. The molecule has 3 rings (SSSR count). The van der Waals surface area contributed by atoms with Crippen molar-refractivity contribution in [1.29, 1.82) is 0 Å². The quantitative estimate of drug-likeness (QED) is 0.556. The Morgan fingerprint density at radius 3 is 2.56 bits per heavy atom. The van der Waals surface area contributed by atoms with Gasteiger partial charge in [0.05, 0.1) is 26.7 Å². The van der Waals surface area contributed by atoms with E-state index in [4.69, 9.17) is 0 Å². The van der Waals surface area contributed by atoms with E-state index in [0.29, 0.717) is 22.0 Å². The predicted octanol–water partition coefficient (Wildman–Crippen LogP) is 3.43. The zero-order valence-electron chi connectivity index (χ0n) is 14.1. The number of carbonyl (C=O) groups is 2. The molecule has 0 aliphatic heterocycles. The fraction of sp³-hybridized carbons (Fsp3) is 0.111. The highest BCUT2D eigenvalue weighted by Gasteiger charge is 2.18. The van der Waals surface area contributed by atoms with Crippen molar-refractivity contribution >= 4 is 44.8 Å². The van der Waals surface area contributed by atoms with Crippen LogP contribution in [-0.4, -0.2) is 32.9 Å². The number of amides is 2. The predicted molar refractivity (Wildman–Crippen MR) is 107 cm³/mol. The van der Waals surface area contributed by atoms with Crippen LogP contribution in [0.1, 0.15) is 16.6 Å². The van der Waals surface area contributed by atoms with E-state index in [2.05, 4.69) is 36.5 Å². The van der Waals surface area contributed by atoms with Crippen molar-refractivity contribution in [2.75, 3.05) is 5.32 Å². The maximum atomic E-state index is 12.3. The van der Waals surface area contributed by atoms with E-state index in [1.807, 2.05) is 0 Å². The number of aromatic nitrogens is 2. The summed E-state index contributed by atoms with van der Waals surface area (Å²) in [5, 5.41) is 14.8. The van der Waals surface area contributed by atoms with Gasteiger partial charge in [-0.25, -0.2) is 9.97 Å². The first-order chi connectivity index (χ1) is 12.9. The number of anilines is 1. The van der Waals surface area contributed by atoms with Gasteiger partial charge in [-0.2, -0.15) is 0 Å². The second-order valence-corrected chi connectivity index (χ2v) is 8.10. The van der Waals surface area contributed by atoms with E-state index in [-0.39, 0.29) is 17.6 Å². The fourth-order valence-electron chi connectivity index (χ4n) is 2.21. The summed E-state index contributed by atoms with van der Waals surface area (Å²) in [6.45, 7) is 1.60. The van der Waals surface area contributed by atoms with Crippen LogP contribution in [0, 0.1) is 0 Å². The summed E-state index contributed by atoms with van der Waals surface area (Å²) < 4.78 is 0.841. The van der Waals surface area contributed by atoms with Crippen molar-refractivity contribution in [3.05, 3.63) is 57.5 Å². The lowest BCUT2D eigenvalue weighted by molar-refractivity contribution is -0.117. The molecule has 0 aliphatic rings. The fourth-order valence-corrected chi connectivity index (χ4v) is 3.50. The Bertz CT molecular complexity index is 975. The van der Waals surface area contributed by atoms with E-state index >= 15 is 0 Å². The van der Waals surface area contributed by atoms with Crippen molar-refractivity contribution < 1.29 is 14.7 Å². The van der Waals surface area contributed by atoms with Crippen LogP contribution in [0.15, 0.2) is 52.6 Å². The van der Waals surface area contributed by atoms with Crippen LogP contribution >= 0.6 is 27.3 Å². The second-order valence-electron chi connectivity index (χ2n) is 5.63. The van der Waals surface area contributed by atoms with Crippen molar-refractivity contribution in [2.45, 2.75) is 13.0 Å². The number of carbonyl (C=O) groups excluding carboxylic acids is 2. The molecule has 0 spiro atoms. The molecule has 7 nitrogen and oxygen atoms in total. The van der Waals surface area contributed by atoms with E-state index in [1.165, 1.54) is 23.7 Å². The number of benzene rings is 1. The molecule has 27 heavy (non-hydrogen) atoms. The van der Waals surface area contributed by atoms with Gasteiger partial charge in [0.15, 0.2) is 5.82 Å². The number of hydrogen-bond donors (Lipinski definition) is 3. The molecule has 0 radical (unpaired) electrons. The highest BCUT2D eigenvalue weighted by Crippen LogP contribution is 2.22. The average Bonchev–Trinajstić information content (AvgIpc) is 3.09. The SMILES string of the molecule is CC(NC(=O)c1ccc(Br)s1)C(=O)Nc1cnc(-c2cccc(O)c2)nc1. The first-order valence-electron chi connectivity index (χ1n) is 7.91. The number of halogens is 1. The number of rotatable bonds is 5. The Morgan fingerprint density at radius 2 is 1.93 bits per heavy atom. The van der Waals surface area contributed by atoms with Crippen LogP contribution in [0.25, 0.3) is 11.4 Å². The van der Waals surface area contributed by atoms with Gasteiger partial charge in [-0.15, -0.1) is 11.3 Å². The topological polar surface area (TPSA) is 104 Å². The van der Waals surface area contributed by atoms with Gasteiger partial charge < -0.3 is 15.7 Å². The van der Waals surface area contributed by atoms with Crippen LogP contribution in [-0.2, 0) is 4.79 Å².